The molecule has 7 nitrogen and oxygen atoms in total. The number of aliphatic carboxylic acids is 1. The highest BCUT2D eigenvalue weighted by molar-refractivity contribution is 6.32. The second-order valence-corrected chi connectivity index (χ2v) is 6.77. The zero-order valence-corrected chi connectivity index (χ0v) is 15.9. The van der Waals surface area contributed by atoms with Crippen LogP contribution in [0.1, 0.15) is 28.5 Å². The van der Waals surface area contributed by atoms with Gasteiger partial charge in [0.25, 0.3) is 5.91 Å². The normalized spacial score (nSPS) is 11.8. The van der Waals surface area contributed by atoms with E-state index in [1.54, 1.807) is 48.5 Å². The summed E-state index contributed by atoms with van der Waals surface area (Å²) in [6.45, 7) is 0. The number of hydrogen-bond acceptors (Lipinski definition) is 4. The molecule has 0 spiro atoms. The summed E-state index contributed by atoms with van der Waals surface area (Å²) in [4.78, 5) is 23.8. The van der Waals surface area contributed by atoms with Gasteiger partial charge >= 0.3 is 5.97 Å². The fraction of sp³-hybridized carbons (Fsp3) is 0.105. The van der Waals surface area contributed by atoms with Crippen molar-refractivity contribution < 1.29 is 19.8 Å². The van der Waals surface area contributed by atoms with Crippen molar-refractivity contribution >= 4 is 35.1 Å². The maximum absolute atomic E-state index is 12.6. The van der Waals surface area contributed by atoms with E-state index in [1.165, 1.54) is 6.07 Å². The first-order valence-corrected chi connectivity index (χ1v) is 8.93. The smallest absolute Gasteiger partial charge is 0.305 e. The van der Waals surface area contributed by atoms with Gasteiger partial charge in [-0.25, -0.2) is 0 Å². The highest BCUT2D eigenvalue weighted by atomic mass is 35.5. The van der Waals surface area contributed by atoms with Crippen molar-refractivity contribution in [2.75, 3.05) is 0 Å². The van der Waals surface area contributed by atoms with E-state index in [-0.39, 0.29) is 18.0 Å². The third-order valence-corrected chi connectivity index (χ3v) is 4.53. The van der Waals surface area contributed by atoms with E-state index in [1.807, 2.05) is 0 Å². The first-order chi connectivity index (χ1) is 13.3. The molecule has 0 aliphatic heterocycles. The summed E-state index contributed by atoms with van der Waals surface area (Å²) in [7, 11) is 0. The number of aromatic nitrogens is 2. The van der Waals surface area contributed by atoms with Gasteiger partial charge in [-0.1, -0.05) is 47.5 Å². The fourth-order valence-corrected chi connectivity index (χ4v) is 2.98. The number of para-hydroxylation sites is 1. The molecule has 9 heteroatoms. The number of nitrogens with zero attached hydrogens (tertiary/aromatic N) is 2. The molecule has 144 valence electrons. The minimum absolute atomic E-state index is 0.0817. The predicted octanol–water partition coefficient (Wildman–Crippen LogP) is 3.83. The summed E-state index contributed by atoms with van der Waals surface area (Å²) >= 11 is 12.0. The molecule has 0 aliphatic rings. The third kappa shape index (κ3) is 4.44. The highest BCUT2D eigenvalue weighted by Gasteiger charge is 2.22. The van der Waals surface area contributed by atoms with E-state index in [0.29, 0.717) is 21.3 Å². The first kappa shape index (κ1) is 19.7. The largest absolute Gasteiger partial charge is 0.493 e. The molecular weight excluding hydrogens is 405 g/mol. The van der Waals surface area contributed by atoms with Crippen molar-refractivity contribution in [1.29, 1.82) is 0 Å². The number of amides is 1. The maximum Gasteiger partial charge on any atom is 0.305 e. The van der Waals surface area contributed by atoms with E-state index < -0.39 is 17.9 Å². The Bertz CT molecular complexity index is 1020. The molecule has 1 heterocycles. The van der Waals surface area contributed by atoms with Crippen LogP contribution in [-0.2, 0) is 4.79 Å². The van der Waals surface area contributed by atoms with Gasteiger partial charge in [0, 0.05) is 11.1 Å². The molecule has 28 heavy (non-hydrogen) atoms. The van der Waals surface area contributed by atoms with Gasteiger partial charge in [0.2, 0.25) is 5.88 Å². The summed E-state index contributed by atoms with van der Waals surface area (Å²) in [5.74, 6) is -1.99. The maximum atomic E-state index is 12.6. The van der Waals surface area contributed by atoms with Gasteiger partial charge < -0.3 is 15.5 Å². The number of hydrogen-bond donors (Lipinski definition) is 3. The number of nitrogens with one attached hydrogen (secondary N) is 1. The van der Waals surface area contributed by atoms with Gasteiger partial charge in [-0.05, 0) is 29.8 Å². The van der Waals surface area contributed by atoms with Crippen LogP contribution in [0.15, 0.2) is 54.6 Å². The number of carboxylic acid groups (broad SMARTS) is 1. The summed E-state index contributed by atoms with van der Waals surface area (Å²) in [6, 6.07) is 13.6. The monoisotopic (exact) mass is 419 g/mol. The third-order valence-electron chi connectivity index (χ3n) is 3.96. The molecular formula is C19H15Cl2N3O4. The van der Waals surface area contributed by atoms with Crippen molar-refractivity contribution in [1.82, 2.24) is 15.1 Å². The Morgan fingerprint density at radius 3 is 2.43 bits per heavy atom. The number of carboxylic acids is 1. The second-order valence-electron chi connectivity index (χ2n) is 5.93. The average molecular weight is 420 g/mol. The zero-order valence-electron chi connectivity index (χ0n) is 14.3. The van der Waals surface area contributed by atoms with Crippen LogP contribution in [0.3, 0.4) is 0 Å². The molecule has 0 radical (unpaired) electrons. The number of halogens is 2. The van der Waals surface area contributed by atoms with Gasteiger partial charge in [0.15, 0.2) is 5.69 Å². The lowest BCUT2D eigenvalue weighted by atomic mass is 10.0. The number of carbonyl (C=O) groups is 2. The van der Waals surface area contributed by atoms with Crippen molar-refractivity contribution in [2.24, 2.45) is 0 Å². The average Bonchev–Trinajstić information content (AvgIpc) is 3.03. The molecule has 0 saturated carbocycles. The summed E-state index contributed by atoms with van der Waals surface area (Å²) in [6.07, 6.45) is -0.329. The predicted molar refractivity (Wildman–Crippen MR) is 104 cm³/mol. The Morgan fingerprint density at radius 1 is 1.11 bits per heavy atom. The zero-order chi connectivity index (χ0) is 20.3. The number of carbonyl (C=O) groups excluding carboxylic acids is 1. The summed E-state index contributed by atoms with van der Waals surface area (Å²) < 4.78 is 1.13. The lowest BCUT2D eigenvalue weighted by Crippen LogP contribution is -2.30. The Morgan fingerprint density at radius 2 is 1.79 bits per heavy atom. The van der Waals surface area contributed by atoms with Crippen molar-refractivity contribution in [3.05, 3.63) is 75.9 Å². The van der Waals surface area contributed by atoms with E-state index in [0.717, 1.165) is 4.68 Å². The van der Waals surface area contributed by atoms with E-state index in [4.69, 9.17) is 28.3 Å². The van der Waals surface area contributed by atoms with Crippen LogP contribution in [-0.4, -0.2) is 31.9 Å². The molecule has 3 rings (SSSR count). The van der Waals surface area contributed by atoms with Crippen LogP contribution >= 0.6 is 23.2 Å². The van der Waals surface area contributed by atoms with Crippen molar-refractivity contribution in [3.8, 4) is 11.6 Å². The number of aromatic hydroxyl groups is 1. The van der Waals surface area contributed by atoms with Crippen LogP contribution in [0.4, 0.5) is 0 Å². The van der Waals surface area contributed by atoms with Gasteiger partial charge in [0.05, 0.1) is 23.2 Å². The minimum Gasteiger partial charge on any atom is -0.493 e. The van der Waals surface area contributed by atoms with E-state index in [2.05, 4.69) is 10.4 Å². The van der Waals surface area contributed by atoms with Gasteiger partial charge in [-0.2, -0.15) is 9.78 Å². The molecule has 3 N–H and O–H groups in total. The standard InChI is InChI=1S/C19H15Cl2N3O4/c20-12-7-5-11(6-8-12)14(10-18(26)27)22-19(28)15-9-17(25)24(23-15)16-4-2-1-3-13(16)21/h1-9,14,25H,10H2,(H,22,28)(H,26,27)/t14-/m0/s1. The van der Waals surface area contributed by atoms with Crippen LogP contribution in [0.5, 0.6) is 5.88 Å². The van der Waals surface area contributed by atoms with Gasteiger partial charge in [0.1, 0.15) is 0 Å². The molecule has 0 bridgehead atoms. The van der Waals surface area contributed by atoms with E-state index in [9.17, 15) is 14.7 Å². The molecule has 0 saturated heterocycles. The molecule has 2 aromatic carbocycles. The van der Waals surface area contributed by atoms with Crippen LogP contribution in [0.25, 0.3) is 5.69 Å². The minimum atomic E-state index is -1.08. The molecule has 1 atom stereocenters. The number of benzene rings is 2. The Kier molecular flexibility index (Phi) is 5.87. The van der Waals surface area contributed by atoms with Crippen LogP contribution < -0.4 is 5.32 Å². The molecule has 3 aromatic rings. The van der Waals surface area contributed by atoms with E-state index >= 15 is 0 Å². The molecule has 0 fully saturated rings. The quantitative estimate of drug-likeness (QED) is 0.562. The molecule has 1 aromatic heterocycles. The lowest BCUT2D eigenvalue weighted by molar-refractivity contribution is -0.137. The summed E-state index contributed by atoms with van der Waals surface area (Å²) in [5.41, 5.74) is 0.900. The Hall–Kier alpha value is -3.03. The summed E-state index contributed by atoms with van der Waals surface area (Å²) in [5, 5.41) is 26.8. The SMILES string of the molecule is O=C(O)C[C@H](NC(=O)c1cc(O)n(-c2ccccc2Cl)n1)c1ccc(Cl)cc1. The van der Waals surface area contributed by atoms with Crippen LogP contribution in [0, 0.1) is 0 Å². The first-order valence-electron chi connectivity index (χ1n) is 8.17. The second kappa shape index (κ2) is 8.33. The lowest BCUT2D eigenvalue weighted by Gasteiger charge is -2.16. The van der Waals surface area contributed by atoms with Crippen LogP contribution in [0.2, 0.25) is 10.0 Å². The van der Waals surface area contributed by atoms with Crippen molar-refractivity contribution in [2.45, 2.75) is 12.5 Å². The number of rotatable bonds is 6. The molecule has 1 amide bonds. The van der Waals surface area contributed by atoms with Crippen molar-refractivity contribution in [3.63, 3.8) is 0 Å². The topological polar surface area (TPSA) is 104 Å². The van der Waals surface area contributed by atoms with Gasteiger partial charge in [-0.3, -0.25) is 9.59 Å². The van der Waals surface area contributed by atoms with Gasteiger partial charge in [-0.15, -0.1) is 0 Å². The Labute approximate surface area is 170 Å². The fourth-order valence-electron chi connectivity index (χ4n) is 2.64. The highest BCUT2D eigenvalue weighted by Crippen LogP contribution is 2.25. The molecule has 0 aliphatic carbocycles. The molecule has 0 unspecified atom stereocenters. The Balaban J connectivity index is 1.86.